The number of nitrogens with one attached hydrogen (secondary N) is 1. The molecule has 0 aliphatic heterocycles. The van der Waals surface area contributed by atoms with Crippen molar-refractivity contribution < 1.29 is 9.53 Å². The van der Waals surface area contributed by atoms with Crippen LogP contribution in [0.4, 0.5) is 0 Å². The maximum atomic E-state index is 12.8. The number of hydrogen-bond donors (Lipinski definition) is 1. The molecular formula is C20H22N4O2. The lowest BCUT2D eigenvalue weighted by atomic mass is 9.78. The molecule has 3 aromatic rings. The van der Waals surface area contributed by atoms with Crippen LogP contribution < -0.4 is 10.1 Å². The third-order valence-electron chi connectivity index (χ3n) is 5.38. The highest BCUT2D eigenvalue weighted by Gasteiger charge is 2.36. The minimum Gasteiger partial charge on any atom is -0.497 e. The van der Waals surface area contributed by atoms with Gasteiger partial charge in [-0.15, -0.1) is 0 Å². The Hall–Kier alpha value is -2.89. The van der Waals surface area contributed by atoms with Gasteiger partial charge in [-0.1, -0.05) is 31.0 Å². The monoisotopic (exact) mass is 350 g/mol. The zero-order valence-electron chi connectivity index (χ0n) is 14.8. The molecule has 6 nitrogen and oxygen atoms in total. The minimum absolute atomic E-state index is 0.0157. The Kier molecular flexibility index (Phi) is 4.32. The van der Waals surface area contributed by atoms with Crippen molar-refractivity contribution in [2.75, 3.05) is 13.7 Å². The number of rotatable bonds is 5. The molecule has 0 bridgehead atoms. The van der Waals surface area contributed by atoms with Gasteiger partial charge in [0.05, 0.1) is 7.11 Å². The molecule has 0 saturated heterocycles. The average molecular weight is 350 g/mol. The van der Waals surface area contributed by atoms with Gasteiger partial charge in [0.15, 0.2) is 5.65 Å². The van der Waals surface area contributed by atoms with Crippen LogP contribution in [0.5, 0.6) is 5.75 Å². The van der Waals surface area contributed by atoms with Crippen molar-refractivity contribution in [3.63, 3.8) is 0 Å². The Bertz CT molecular complexity index is 911. The first-order valence-corrected chi connectivity index (χ1v) is 8.93. The molecule has 0 atom stereocenters. The summed E-state index contributed by atoms with van der Waals surface area (Å²) in [4.78, 5) is 16.9. The summed E-state index contributed by atoms with van der Waals surface area (Å²) in [7, 11) is 1.67. The van der Waals surface area contributed by atoms with Crippen molar-refractivity contribution in [2.24, 2.45) is 0 Å². The molecule has 0 unspecified atom stereocenters. The number of methoxy groups -OCH3 is 1. The Morgan fingerprint density at radius 3 is 2.69 bits per heavy atom. The van der Waals surface area contributed by atoms with Crippen LogP contribution in [0, 0.1) is 0 Å². The molecule has 2 heterocycles. The Morgan fingerprint density at radius 1 is 1.19 bits per heavy atom. The van der Waals surface area contributed by atoms with Crippen LogP contribution in [-0.2, 0) is 5.41 Å². The molecule has 1 aliphatic carbocycles. The summed E-state index contributed by atoms with van der Waals surface area (Å²) < 4.78 is 6.84. The summed E-state index contributed by atoms with van der Waals surface area (Å²) in [6.45, 7) is 0.614. The number of carbonyl (C=O) groups is 1. The molecule has 26 heavy (non-hydrogen) atoms. The second-order valence-corrected chi connectivity index (χ2v) is 6.84. The molecule has 6 heteroatoms. The lowest BCUT2D eigenvalue weighted by molar-refractivity contribution is 0.0935. The van der Waals surface area contributed by atoms with Gasteiger partial charge in [-0.25, -0.2) is 9.50 Å². The highest BCUT2D eigenvalue weighted by molar-refractivity contribution is 5.93. The first-order chi connectivity index (χ1) is 12.7. The van der Waals surface area contributed by atoms with E-state index in [0.29, 0.717) is 17.9 Å². The molecule has 1 aromatic carbocycles. The largest absolute Gasteiger partial charge is 0.497 e. The lowest BCUT2D eigenvalue weighted by Crippen LogP contribution is -2.39. The Morgan fingerprint density at radius 2 is 1.96 bits per heavy atom. The summed E-state index contributed by atoms with van der Waals surface area (Å²) in [5.41, 5.74) is 2.42. The van der Waals surface area contributed by atoms with Gasteiger partial charge in [0.25, 0.3) is 5.91 Å². The van der Waals surface area contributed by atoms with Gasteiger partial charge in [-0.3, -0.25) is 4.79 Å². The highest BCUT2D eigenvalue weighted by Crippen LogP contribution is 2.41. The predicted octanol–water partition coefficient (Wildman–Crippen LogP) is 2.98. The summed E-state index contributed by atoms with van der Waals surface area (Å²) in [6, 6.07) is 13.7. The molecule has 1 saturated carbocycles. The van der Waals surface area contributed by atoms with Crippen molar-refractivity contribution in [1.29, 1.82) is 0 Å². The van der Waals surface area contributed by atoms with Gasteiger partial charge in [0.2, 0.25) is 0 Å². The minimum atomic E-state index is -0.124. The van der Waals surface area contributed by atoms with Gasteiger partial charge in [0, 0.05) is 12.0 Å². The summed E-state index contributed by atoms with van der Waals surface area (Å²) >= 11 is 0. The van der Waals surface area contributed by atoms with E-state index >= 15 is 0 Å². The molecule has 4 rings (SSSR count). The Labute approximate surface area is 152 Å². The van der Waals surface area contributed by atoms with E-state index in [1.165, 1.54) is 24.7 Å². The predicted molar refractivity (Wildman–Crippen MR) is 98.5 cm³/mol. The van der Waals surface area contributed by atoms with E-state index in [9.17, 15) is 4.79 Å². The Balaban J connectivity index is 1.55. The SMILES string of the molecule is COc1ccc(C2(CNC(=O)c3cccc4ncnn34)CCCC2)cc1. The van der Waals surface area contributed by atoms with Crippen molar-refractivity contribution in [3.05, 3.63) is 60.0 Å². The number of nitrogens with zero attached hydrogens (tertiary/aromatic N) is 3. The van der Waals surface area contributed by atoms with E-state index in [0.717, 1.165) is 18.6 Å². The third-order valence-corrected chi connectivity index (χ3v) is 5.38. The number of hydrogen-bond acceptors (Lipinski definition) is 4. The van der Waals surface area contributed by atoms with E-state index in [1.807, 2.05) is 24.3 Å². The van der Waals surface area contributed by atoms with E-state index in [1.54, 1.807) is 17.7 Å². The van der Waals surface area contributed by atoms with Crippen LogP contribution in [0.3, 0.4) is 0 Å². The van der Waals surface area contributed by atoms with E-state index < -0.39 is 0 Å². The summed E-state index contributed by atoms with van der Waals surface area (Å²) in [5, 5.41) is 7.28. The second kappa shape index (κ2) is 6.78. The lowest BCUT2D eigenvalue weighted by Gasteiger charge is -2.30. The summed E-state index contributed by atoms with van der Waals surface area (Å²) in [5.74, 6) is 0.727. The van der Waals surface area contributed by atoms with Crippen LogP contribution in [0.2, 0.25) is 0 Å². The second-order valence-electron chi connectivity index (χ2n) is 6.84. The number of benzene rings is 1. The first-order valence-electron chi connectivity index (χ1n) is 8.93. The van der Waals surface area contributed by atoms with Crippen molar-refractivity contribution in [3.8, 4) is 5.75 Å². The zero-order chi connectivity index (χ0) is 18.0. The fourth-order valence-electron chi connectivity index (χ4n) is 3.92. The maximum absolute atomic E-state index is 12.8. The van der Waals surface area contributed by atoms with Gasteiger partial charge in [-0.2, -0.15) is 5.10 Å². The number of aromatic nitrogens is 3. The van der Waals surface area contributed by atoms with Crippen LogP contribution >= 0.6 is 0 Å². The topological polar surface area (TPSA) is 68.5 Å². The van der Waals surface area contributed by atoms with Crippen LogP contribution in [0.15, 0.2) is 48.8 Å². The molecule has 1 aliphatic rings. The van der Waals surface area contributed by atoms with Gasteiger partial charge < -0.3 is 10.1 Å². The van der Waals surface area contributed by atoms with Crippen LogP contribution in [-0.4, -0.2) is 34.2 Å². The summed E-state index contributed by atoms with van der Waals surface area (Å²) in [6.07, 6.45) is 5.98. The maximum Gasteiger partial charge on any atom is 0.270 e. The number of fused-ring (bicyclic) bond motifs is 1. The third kappa shape index (κ3) is 2.92. The first kappa shape index (κ1) is 16.6. The highest BCUT2D eigenvalue weighted by atomic mass is 16.5. The van der Waals surface area contributed by atoms with Crippen molar-refractivity contribution in [1.82, 2.24) is 19.9 Å². The van der Waals surface area contributed by atoms with E-state index in [-0.39, 0.29) is 11.3 Å². The van der Waals surface area contributed by atoms with Gasteiger partial charge in [-0.05, 0) is 42.7 Å². The smallest absolute Gasteiger partial charge is 0.270 e. The van der Waals surface area contributed by atoms with Crippen molar-refractivity contribution in [2.45, 2.75) is 31.1 Å². The van der Waals surface area contributed by atoms with E-state index in [2.05, 4.69) is 27.5 Å². The molecule has 1 N–H and O–H groups in total. The number of pyridine rings is 1. The molecule has 1 amide bonds. The molecule has 2 aromatic heterocycles. The van der Waals surface area contributed by atoms with Gasteiger partial charge >= 0.3 is 0 Å². The van der Waals surface area contributed by atoms with Gasteiger partial charge in [0.1, 0.15) is 17.8 Å². The van der Waals surface area contributed by atoms with Crippen LogP contribution in [0.1, 0.15) is 41.7 Å². The van der Waals surface area contributed by atoms with E-state index in [4.69, 9.17) is 4.74 Å². The normalized spacial score (nSPS) is 15.9. The van der Waals surface area contributed by atoms with Crippen molar-refractivity contribution >= 4 is 11.6 Å². The fourth-order valence-corrected chi connectivity index (χ4v) is 3.92. The average Bonchev–Trinajstić information content (AvgIpc) is 3.36. The number of amides is 1. The zero-order valence-corrected chi connectivity index (χ0v) is 14.8. The quantitative estimate of drug-likeness (QED) is 0.768. The standard InChI is InChI=1S/C20H22N4O2/c1-26-16-9-7-15(8-10-16)20(11-2-3-12-20)13-21-19(25)17-5-4-6-18-22-14-23-24(17)18/h4-10,14H,2-3,11-13H2,1H3,(H,21,25). The molecule has 1 fully saturated rings. The number of carbonyl (C=O) groups excluding carboxylic acids is 1. The fraction of sp³-hybridized carbons (Fsp3) is 0.350. The molecule has 0 radical (unpaired) electrons. The number of ether oxygens (including phenoxy) is 1. The molecule has 0 spiro atoms. The van der Waals surface area contributed by atoms with Crippen LogP contribution in [0.25, 0.3) is 5.65 Å². The molecular weight excluding hydrogens is 328 g/mol. The molecule has 134 valence electrons.